The van der Waals surface area contributed by atoms with Gasteiger partial charge in [0, 0.05) is 18.2 Å². The van der Waals surface area contributed by atoms with Gasteiger partial charge in [-0.1, -0.05) is 12.1 Å². The molecular weight excluding hydrogens is 242 g/mol. The Labute approximate surface area is 107 Å². The lowest BCUT2D eigenvalue weighted by Crippen LogP contribution is -2.19. The average molecular weight is 260 g/mol. The number of benzene rings is 1. The summed E-state index contributed by atoms with van der Waals surface area (Å²) in [5.74, 6) is 1.53. The zero-order valence-electron chi connectivity index (χ0n) is 9.59. The molecule has 96 valence electrons. The average Bonchev–Trinajstić information content (AvgIpc) is 2.35. The van der Waals surface area contributed by atoms with Crippen molar-refractivity contribution in [3.8, 4) is 11.5 Å². The Kier molecular flexibility index (Phi) is 5.55. The summed E-state index contributed by atoms with van der Waals surface area (Å²) in [6.07, 6.45) is 1.45. The lowest BCUT2D eigenvalue weighted by molar-refractivity contribution is 0.169. The molecule has 1 aliphatic heterocycles. The Balaban J connectivity index is 0.00000144. The molecule has 0 saturated heterocycles. The smallest absolute Gasteiger partial charge is 0.166 e. The maximum absolute atomic E-state index is 8.79. The highest BCUT2D eigenvalue weighted by atomic mass is 35.5. The van der Waals surface area contributed by atoms with E-state index >= 15 is 0 Å². The third kappa shape index (κ3) is 3.25. The number of halogens is 1. The zero-order valence-corrected chi connectivity index (χ0v) is 10.4. The van der Waals surface area contributed by atoms with Crippen LogP contribution in [-0.2, 0) is 0 Å². The standard InChI is InChI=1S/C12H17NO3.ClH/c13-10(4-2-6-14)9-3-1-5-11-12(9)16-8-7-15-11;/h1,3,5,10,14H,2,4,6-8,13H2;1H/t10-;/m1./s1. The summed E-state index contributed by atoms with van der Waals surface area (Å²) in [4.78, 5) is 0. The van der Waals surface area contributed by atoms with E-state index in [9.17, 15) is 0 Å². The minimum absolute atomic E-state index is 0. The van der Waals surface area contributed by atoms with Gasteiger partial charge in [-0.05, 0) is 18.9 Å². The fourth-order valence-corrected chi connectivity index (χ4v) is 1.85. The lowest BCUT2D eigenvalue weighted by Gasteiger charge is -2.23. The van der Waals surface area contributed by atoms with Gasteiger partial charge in [0.25, 0.3) is 0 Å². The molecule has 0 amide bonds. The molecule has 1 aromatic carbocycles. The van der Waals surface area contributed by atoms with Gasteiger partial charge in [0.1, 0.15) is 13.2 Å². The first-order valence-corrected chi connectivity index (χ1v) is 5.58. The van der Waals surface area contributed by atoms with Crippen LogP contribution in [0.3, 0.4) is 0 Å². The van der Waals surface area contributed by atoms with Crippen molar-refractivity contribution in [2.75, 3.05) is 19.8 Å². The number of aliphatic hydroxyl groups is 1. The van der Waals surface area contributed by atoms with E-state index in [1.165, 1.54) is 0 Å². The molecule has 1 aliphatic rings. The summed E-state index contributed by atoms with van der Waals surface area (Å²) in [7, 11) is 0. The SMILES string of the molecule is Cl.N[C@H](CCCO)c1cccc2c1OCCO2. The molecule has 0 fully saturated rings. The molecule has 2 rings (SSSR count). The summed E-state index contributed by atoms with van der Waals surface area (Å²) in [5, 5.41) is 8.79. The monoisotopic (exact) mass is 259 g/mol. The van der Waals surface area contributed by atoms with Crippen LogP contribution in [0.4, 0.5) is 0 Å². The second-order valence-electron chi connectivity index (χ2n) is 3.84. The summed E-state index contributed by atoms with van der Waals surface area (Å²) < 4.78 is 11.1. The number of nitrogens with two attached hydrogens (primary N) is 1. The topological polar surface area (TPSA) is 64.7 Å². The van der Waals surface area contributed by atoms with Crippen LogP contribution >= 0.6 is 12.4 Å². The van der Waals surface area contributed by atoms with E-state index in [0.717, 1.165) is 23.5 Å². The van der Waals surface area contributed by atoms with E-state index in [2.05, 4.69) is 0 Å². The maximum atomic E-state index is 8.79. The predicted molar refractivity (Wildman–Crippen MR) is 67.9 cm³/mol. The van der Waals surface area contributed by atoms with E-state index in [1.54, 1.807) is 0 Å². The fourth-order valence-electron chi connectivity index (χ4n) is 1.85. The van der Waals surface area contributed by atoms with Gasteiger partial charge in [-0.2, -0.15) is 0 Å². The molecule has 0 spiro atoms. The van der Waals surface area contributed by atoms with Gasteiger partial charge in [-0.15, -0.1) is 12.4 Å². The van der Waals surface area contributed by atoms with E-state index in [0.29, 0.717) is 19.6 Å². The molecule has 5 heteroatoms. The third-order valence-corrected chi connectivity index (χ3v) is 2.67. The number of aliphatic hydroxyl groups excluding tert-OH is 1. The van der Waals surface area contributed by atoms with Crippen LogP contribution in [0.1, 0.15) is 24.4 Å². The number of fused-ring (bicyclic) bond motifs is 1. The molecule has 0 aliphatic carbocycles. The summed E-state index contributed by atoms with van der Waals surface area (Å²) in [5.41, 5.74) is 7.02. The summed E-state index contributed by atoms with van der Waals surface area (Å²) >= 11 is 0. The van der Waals surface area contributed by atoms with Crippen molar-refractivity contribution in [3.05, 3.63) is 23.8 Å². The molecule has 17 heavy (non-hydrogen) atoms. The molecule has 4 nitrogen and oxygen atoms in total. The van der Waals surface area contributed by atoms with Gasteiger partial charge < -0.3 is 20.3 Å². The van der Waals surface area contributed by atoms with E-state index in [4.69, 9.17) is 20.3 Å². The van der Waals surface area contributed by atoms with Crippen LogP contribution in [0, 0.1) is 0 Å². The minimum atomic E-state index is -0.108. The van der Waals surface area contributed by atoms with Crippen LogP contribution in [0.5, 0.6) is 11.5 Å². The highest BCUT2D eigenvalue weighted by Crippen LogP contribution is 2.37. The molecule has 0 radical (unpaired) electrons. The Bertz CT molecular complexity index is 360. The minimum Gasteiger partial charge on any atom is -0.486 e. The summed E-state index contributed by atoms with van der Waals surface area (Å²) in [6.45, 7) is 1.32. The first-order valence-electron chi connectivity index (χ1n) is 5.58. The van der Waals surface area contributed by atoms with E-state index in [-0.39, 0.29) is 25.1 Å². The predicted octanol–water partition coefficient (Wildman–Crippen LogP) is 1.65. The fraction of sp³-hybridized carbons (Fsp3) is 0.500. The van der Waals surface area contributed by atoms with Gasteiger partial charge in [0.2, 0.25) is 0 Å². The number of hydrogen-bond donors (Lipinski definition) is 2. The highest BCUT2D eigenvalue weighted by molar-refractivity contribution is 5.85. The Morgan fingerprint density at radius 1 is 1.29 bits per heavy atom. The van der Waals surface area contributed by atoms with Crippen molar-refractivity contribution >= 4 is 12.4 Å². The van der Waals surface area contributed by atoms with Crippen molar-refractivity contribution in [1.29, 1.82) is 0 Å². The number of rotatable bonds is 4. The van der Waals surface area contributed by atoms with Crippen LogP contribution < -0.4 is 15.2 Å². The second kappa shape index (κ2) is 6.69. The van der Waals surface area contributed by atoms with Crippen molar-refractivity contribution < 1.29 is 14.6 Å². The van der Waals surface area contributed by atoms with Crippen LogP contribution in [-0.4, -0.2) is 24.9 Å². The molecule has 1 heterocycles. The van der Waals surface area contributed by atoms with E-state index in [1.807, 2.05) is 18.2 Å². The third-order valence-electron chi connectivity index (χ3n) is 2.67. The molecule has 0 bridgehead atoms. The van der Waals surface area contributed by atoms with E-state index < -0.39 is 0 Å². The van der Waals surface area contributed by atoms with Gasteiger partial charge >= 0.3 is 0 Å². The van der Waals surface area contributed by atoms with Gasteiger partial charge in [0.15, 0.2) is 11.5 Å². The zero-order chi connectivity index (χ0) is 11.4. The molecule has 1 atom stereocenters. The molecule has 3 N–H and O–H groups in total. The first-order chi connectivity index (χ1) is 7.83. The maximum Gasteiger partial charge on any atom is 0.166 e. The van der Waals surface area contributed by atoms with Crippen molar-refractivity contribution in [1.82, 2.24) is 0 Å². The molecule has 0 saturated carbocycles. The van der Waals surface area contributed by atoms with Crippen LogP contribution in [0.25, 0.3) is 0 Å². The normalized spacial score (nSPS) is 14.9. The van der Waals surface area contributed by atoms with Crippen LogP contribution in [0.2, 0.25) is 0 Å². The Morgan fingerprint density at radius 3 is 2.82 bits per heavy atom. The van der Waals surface area contributed by atoms with Crippen molar-refractivity contribution in [3.63, 3.8) is 0 Å². The molecule has 0 unspecified atom stereocenters. The van der Waals surface area contributed by atoms with Gasteiger partial charge in [-0.3, -0.25) is 0 Å². The summed E-state index contributed by atoms with van der Waals surface area (Å²) in [6, 6.07) is 5.65. The lowest BCUT2D eigenvalue weighted by atomic mass is 10.0. The Morgan fingerprint density at radius 2 is 2.06 bits per heavy atom. The quantitative estimate of drug-likeness (QED) is 0.863. The highest BCUT2D eigenvalue weighted by Gasteiger charge is 2.19. The van der Waals surface area contributed by atoms with Crippen LogP contribution in [0.15, 0.2) is 18.2 Å². The van der Waals surface area contributed by atoms with Gasteiger partial charge in [0.05, 0.1) is 0 Å². The number of ether oxygens (including phenoxy) is 2. The second-order valence-corrected chi connectivity index (χ2v) is 3.84. The number of para-hydroxylation sites is 1. The first kappa shape index (κ1) is 14.1. The van der Waals surface area contributed by atoms with Crippen molar-refractivity contribution in [2.24, 2.45) is 5.73 Å². The molecular formula is C12H18ClNO3. The molecule has 1 aromatic rings. The van der Waals surface area contributed by atoms with Gasteiger partial charge in [-0.25, -0.2) is 0 Å². The largest absolute Gasteiger partial charge is 0.486 e. The molecule has 0 aromatic heterocycles. The van der Waals surface area contributed by atoms with Crippen molar-refractivity contribution in [2.45, 2.75) is 18.9 Å². The Hall–Kier alpha value is -0.970. The number of hydrogen-bond acceptors (Lipinski definition) is 4.